The molecule has 0 saturated heterocycles. The summed E-state index contributed by atoms with van der Waals surface area (Å²) in [6.45, 7) is 7.08. The molecule has 0 aliphatic heterocycles. The van der Waals surface area contributed by atoms with Crippen molar-refractivity contribution in [2.45, 2.75) is 39.7 Å². The molecule has 0 bridgehead atoms. The average Bonchev–Trinajstić information content (AvgIpc) is 2.23. The molecule has 2 heteroatoms. The lowest BCUT2D eigenvalue weighted by Gasteiger charge is -2.16. The van der Waals surface area contributed by atoms with Crippen molar-refractivity contribution in [1.82, 2.24) is 5.32 Å². The molecule has 0 aliphatic carbocycles. The Kier molecular flexibility index (Phi) is 4.76. The van der Waals surface area contributed by atoms with Gasteiger partial charge in [0.25, 0.3) is 0 Å². The summed E-state index contributed by atoms with van der Waals surface area (Å²) < 4.78 is 13.1. The van der Waals surface area contributed by atoms with E-state index in [4.69, 9.17) is 0 Å². The van der Waals surface area contributed by atoms with Crippen molar-refractivity contribution in [1.29, 1.82) is 0 Å². The molecule has 1 aromatic carbocycles. The highest BCUT2D eigenvalue weighted by molar-refractivity contribution is 5.24. The first kappa shape index (κ1) is 12.2. The van der Waals surface area contributed by atoms with E-state index < -0.39 is 0 Å². The lowest BCUT2D eigenvalue weighted by molar-refractivity contribution is 0.509. The van der Waals surface area contributed by atoms with Gasteiger partial charge in [-0.15, -0.1) is 0 Å². The number of hydrogen-bond donors (Lipinski definition) is 1. The van der Waals surface area contributed by atoms with Gasteiger partial charge in [-0.25, -0.2) is 4.39 Å². The monoisotopic (exact) mass is 209 g/mol. The first-order chi connectivity index (χ1) is 7.17. The second-order valence-electron chi connectivity index (χ2n) is 3.95. The van der Waals surface area contributed by atoms with E-state index >= 15 is 0 Å². The molecule has 0 aromatic heterocycles. The predicted octanol–water partition coefficient (Wildman–Crippen LogP) is 3.06. The highest BCUT2D eigenvalue weighted by Crippen LogP contribution is 2.12. The fraction of sp³-hybridized carbons (Fsp3) is 0.538. The normalized spacial score (nSPS) is 12.8. The summed E-state index contributed by atoms with van der Waals surface area (Å²) in [5.41, 5.74) is 1.94. The van der Waals surface area contributed by atoms with Crippen LogP contribution in [-0.2, 0) is 6.42 Å². The molecule has 0 heterocycles. The van der Waals surface area contributed by atoms with Crippen molar-refractivity contribution in [2.24, 2.45) is 0 Å². The molecule has 84 valence electrons. The average molecular weight is 209 g/mol. The second-order valence-corrected chi connectivity index (χ2v) is 3.95. The molecule has 1 unspecified atom stereocenters. The number of halogens is 1. The summed E-state index contributed by atoms with van der Waals surface area (Å²) in [4.78, 5) is 0. The minimum Gasteiger partial charge on any atom is -0.314 e. The van der Waals surface area contributed by atoms with Gasteiger partial charge in [-0.05, 0) is 43.5 Å². The van der Waals surface area contributed by atoms with Crippen molar-refractivity contribution < 1.29 is 4.39 Å². The zero-order chi connectivity index (χ0) is 11.3. The van der Waals surface area contributed by atoms with E-state index in [2.05, 4.69) is 19.2 Å². The number of hydrogen-bond acceptors (Lipinski definition) is 1. The van der Waals surface area contributed by atoms with E-state index in [1.165, 1.54) is 5.56 Å². The Morgan fingerprint density at radius 3 is 2.60 bits per heavy atom. The van der Waals surface area contributed by atoms with E-state index in [9.17, 15) is 4.39 Å². The van der Waals surface area contributed by atoms with Crippen molar-refractivity contribution in [3.8, 4) is 0 Å². The van der Waals surface area contributed by atoms with Gasteiger partial charge in [-0.1, -0.05) is 26.0 Å². The predicted molar refractivity (Wildman–Crippen MR) is 62.6 cm³/mol. The maximum Gasteiger partial charge on any atom is 0.126 e. The Bertz CT molecular complexity index is 309. The smallest absolute Gasteiger partial charge is 0.126 e. The van der Waals surface area contributed by atoms with Gasteiger partial charge in [0, 0.05) is 6.04 Å². The summed E-state index contributed by atoms with van der Waals surface area (Å²) in [5.74, 6) is -0.116. The standard InChI is InChI=1S/C13H20FN/c1-4-12(15-5-2)9-11-6-7-13(14)10(3)8-11/h6-8,12,15H,4-5,9H2,1-3H3. The molecule has 0 saturated carbocycles. The molecule has 0 amide bonds. The van der Waals surface area contributed by atoms with Crippen LogP contribution in [-0.4, -0.2) is 12.6 Å². The van der Waals surface area contributed by atoms with Crippen LogP contribution in [0.1, 0.15) is 31.4 Å². The van der Waals surface area contributed by atoms with Gasteiger partial charge in [0.15, 0.2) is 0 Å². The van der Waals surface area contributed by atoms with E-state index in [1.807, 2.05) is 19.1 Å². The van der Waals surface area contributed by atoms with Crippen molar-refractivity contribution in [2.75, 3.05) is 6.54 Å². The van der Waals surface area contributed by atoms with Crippen LogP contribution < -0.4 is 5.32 Å². The first-order valence-corrected chi connectivity index (χ1v) is 5.65. The summed E-state index contributed by atoms with van der Waals surface area (Å²) in [5, 5.41) is 3.42. The van der Waals surface area contributed by atoms with Crippen LogP contribution in [0.15, 0.2) is 18.2 Å². The Balaban J connectivity index is 2.66. The molecule has 1 nitrogen and oxygen atoms in total. The van der Waals surface area contributed by atoms with Crippen molar-refractivity contribution >= 4 is 0 Å². The minimum absolute atomic E-state index is 0.116. The Morgan fingerprint density at radius 2 is 2.07 bits per heavy atom. The summed E-state index contributed by atoms with van der Waals surface area (Å²) >= 11 is 0. The lowest BCUT2D eigenvalue weighted by atomic mass is 10.0. The molecule has 1 aromatic rings. The summed E-state index contributed by atoms with van der Waals surface area (Å²) in [7, 11) is 0. The topological polar surface area (TPSA) is 12.0 Å². The number of benzene rings is 1. The maximum absolute atomic E-state index is 13.1. The number of nitrogens with one attached hydrogen (secondary N) is 1. The van der Waals surface area contributed by atoms with Gasteiger partial charge in [0.1, 0.15) is 5.82 Å². The van der Waals surface area contributed by atoms with Gasteiger partial charge in [0.05, 0.1) is 0 Å². The molecule has 0 radical (unpaired) electrons. The Hall–Kier alpha value is -0.890. The Morgan fingerprint density at radius 1 is 1.33 bits per heavy atom. The van der Waals surface area contributed by atoms with Crippen LogP contribution in [0.25, 0.3) is 0 Å². The Labute approximate surface area is 91.7 Å². The van der Waals surface area contributed by atoms with Crippen molar-refractivity contribution in [3.05, 3.63) is 35.1 Å². The van der Waals surface area contributed by atoms with Crippen LogP contribution in [0.2, 0.25) is 0 Å². The molecule has 15 heavy (non-hydrogen) atoms. The molecule has 0 fully saturated rings. The van der Waals surface area contributed by atoms with E-state index in [-0.39, 0.29) is 5.82 Å². The third-order valence-corrected chi connectivity index (χ3v) is 2.69. The lowest BCUT2D eigenvalue weighted by Crippen LogP contribution is -2.30. The number of likely N-dealkylation sites (N-methyl/N-ethyl adjacent to an activating group) is 1. The van der Waals surface area contributed by atoms with Crippen molar-refractivity contribution in [3.63, 3.8) is 0 Å². The van der Waals surface area contributed by atoms with E-state index in [0.717, 1.165) is 24.9 Å². The fourth-order valence-corrected chi connectivity index (χ4v) is 1.77. The molecular weight excluding hydrogens is 189 g/mol. The van der Waals surface area contributed by atoms with Gasteiger partial charge in [-0.2, -0.15) is 0 Å². The third-order valence-electron chi connectivity index (χ3n) is 2.69. The van der Waals surface area contributed by atoms with E-state index in [0.29, 0.717) is 6.04 Å². The van der Waals surface area contributed by atoms with Crippen LogP contribution >= 0.6 is 0 Å². The third kappa shape index (κ3) is 3.63. The van der Waals surface area contributed by atoms with Gasteiger partial charge in [-0.3, -0.25) is 0 Å². The fourth-order valence-electron chi connectivity index (χ4n) is 1.77. The SMILES string of the molecule is CCNC(CC)Cc1ccc(F)c(C)c1. The number of rotatable bonds is 5. The first-order valence-electron chi connectivity index (χ1n) is 5.65. The second kappa shape index (κ2) is 5.86. The van der Waals surface area contributed by atoms with Gasteiger partial charge >= 0.3 is 0 Å². The molecule has 1 atom stereocenters. The zero-order valence-corrected chi connectivity index (χ0v) is 9.81. The highest BCUT2D eigenvalue weighted by Gasteiger charge is 2.06. The van der Waals surface area contributed by atoms with Gasteiger partial charge in [0.2, 0.25) is 0 Å². The summed E-state index contributed by atoms with van der Waals surface area (Å²) in [6.07, 6.45) is 2.08. The zero-order valence-electron chi connectivity index (χ0n) is 9.81. The maximum atomic E-state index is 13.1. The minimum atomic E-state index is -0.116. The van der Waals surface area contributed by atoms with Crippen LogP contribution in [0.4, 0.5) is 4.39 Å². The van der Waals surface area contributed by atoms with E-state index in [1.54, 1.807) is 6.07 Å². The molecule has 1 rings (SSSR count). The highest BCUT2D eigenvalue weighted by atomic mass is 19.1. The summed E-state index contributed by atoms with van der Waals surface area (Å²) in [6, 6.07) is 5.88. The molecule has 1 N–H and O–H groups in total. The molecular formula is C13H20FN. The van der Waals surface area contributed by atoms with Gasteiger partial charge < -0.3 is 5.32 Å². The van der Waals surface area contributed by atoms with Crippen LogP contribution in [0.5, 0.6) is 0 Å². The largest absolute Gasteiger partial charge is 0.314 e. The van der Waals surface area contributed by atoms with Crippen LogP contribution in [0, 0.1) is 12.7 Å². The molecule has 0 spiro atoms. The number of aryl methyl sites for hydroxylation is 1. The quantitative estimate of drug-likeness (QED) is 0.786. The molecule has 0 aliphatic rings. The van der Waals surface area contributed by atoms with Crippen LogP contribution in [0.3, 0.4) is 0 Å².